The quantitative estimate of drug-likeness (QED) is 0.762. The molecule has 0 saturated carbocycles. The molecule has 2 aromatic carbocycles. The summed E-state index contributed by atoms with van der Waals surface area (Å²) in [5.74, 6) is 0.933. The molecule has 2 aromatic rings. The zero-order valence-electron chi connectivity index (χ0n) is 16.1. The number of likely N-dealkylation sites (tertiary alicyclic amines) is 1. The van der Waals surface area contributed by atoms with Gasteiger partial charge in [0.15, 0.2) is 17.1 Å². The van der Waals surface area contributed by atoms with Crippen LogP contribution in [0.2, 0.25) is 0 Å². The normalized spacial score (nSPS) is 20.6. The molecule has 1 saturated heterocycles. The minimum Gasteiger partial charge on any atom is -0.493 e. The number of benzene rings is 2. The largest absolute Gasteiger partial charge is 0.493 e. The number of carbonyl (C=O) groups is 2. The van der Waals surface area contributed by atoms with Gasteiger partial charge in [0, 0.05) is 12.1 Å². The lowest BCUT2D eigenvalue weighted by Crippen LogP contribution is -2.49. The van der Waals surface area contributed by atoms with E-state index in [4.69, 9.17) is 14.2 Å². The second kappa shape index (κ2) is 7.19. The minimum absolute atomic E-state index is 0.00623. The topological polar surface area (TPSA) is 65.1 Å². The lowest BCUT2D eigenvalue weighted by atomic mass is 9.85. The first-order chi connectivity index (χ1) is 13.6. The number of amides is 1. The van der Waals surface area contributed by atoms with Crippen molar-refractivity contribution >= 4 is 11.9 Å². The third-order valence-corrected chi connectivity index (χ3v) is 5.54. The average molecular weight is 381 g/mol. The molecule has 6 heteroatoms. The van der Waals surface area contributed by atoms with Crippen molar-refractivity contribution in [3.05, 3.63) is 59.2 Å². The van der Waals surface area contributed by atoms with E-state index in [1.165, 1.54) is 0 Å². The predicted octanol–water partition coefficient (Wildman–Crippen LogP) is 2.93. The van der Waals surface area contributed by atoms with E-state index in [0.29, 0.717) is 30.2 Å². The fourth-order valence-corrected chi connectivity index (χ4v) is 4.16. The number of hydrogen-bond donors (Lipinski definition) is 0. The van der Waals surface area contributed by atoms with Crippen LogP contribution in [0.3, 0.4) is 0 Å². The Kier molecular flexibility index (Phi) is 4.71. The van der Waals surface area contributed by atoms with Gasteiger partial charge in [-0.15, -0.1) is 0 Å². The van der Waals surface area contributed by atoms with Crippen LogP contribution in [0.15, 0.2) is 42.5 Å². The molecule has 0 aromatic heterocycles. The number of carbonyl (C=O) groups excluding carboxylic acids is 2. The maximum absolute atomic E-state index is 13.0. The van der Waals surface area contributed by atoms with Gasteiger partial charge in [-0.3, -0.25) is 4.79 Å². The Bertz CT molecular complexity index is 925. The van der Waals surface area contributed by atoms with Crippen molar-refractivity contribution in [3.63, 3.8) is 0 Å². The molecule has 2 aliphatic rings. The summed E-state index contributed by atoms with van der Waals surface area (Å²) in [7, 11) is 3.15. The summed E-state index contributed by atoms with van der Waals surface area (Å²) >= 11 is 0. The third-order valence-electron chi connectivity index (χ3n) is 5.54. The average Bonchev–Trinajstić information content (AvgIpc) is 2.99. The molecule has 28 heavy (non-hydrogen) atoms. The highest BCUT2D eigenvalue weighted by molar-refractivity contribution is 5.95. The van der Waals surface area contributed by atoms with Crippen LogP contribution in [0, 0.1) is 0 Å². The Morgan fingerprint density at radius 2 is 1.93 bits per heavy atom. The monoisotopic (exact) mass is 381 g/mol. The summed E-state index contributed by atoms with van der Waals surface area (Å²) in [6.07, 6.45) is 1.78. The Hall–Kier alpha value is -3.02. The minimum atomic E-state index is -0.723. The molecule has 0 N–H and O–H groups in total. The Balaban J connectivity index is 1.53. The van der Waals surface area contributed by atoms with Crippen molar-refractivity contribution < 1.29 is 23.8 Å². The fourth-order valence-electron chi connectivity index (χ4n) is 4.16. The van der Waals surface area contributed by atoms with E-state index in [1.807, 2.05) is 30.3 Å². The number of esters is 1. The van der Waals surface area contributed by atoms with Gasteiger partial charge in [0.2, 0.25) is 5.91 Å². The Morgan fingerprint density at radius 3 is 2.71 bits per heavy atom. The summed E-state index contributed by atoms with van der Waals surface area (Å²) in [6.45, 7) is 1.05. The summed E-state index contributed by atoms with van der Waals surface area (Å²) in [4.78, 5) is 27.1. The maximum Gasteiger partial charge on any atom is 0.339 e. The summed E-state index contributed by atoms with van der Waals surface area (Å²) in [5.41, 5.74) is 1.63. The molecule has 2 heterocycles. The maximum atomic E-state index is 13.0. The number of hydrogen-bond acceptors (Lipinski definition) is 5. The van der Waals surface area contributed by atoms with E-state index in [9.17, 15) is 9.59 Å². The van der Waals surface area contributed by atoms with E-state index < -0.39 is 5.60 Å². The van der Waals surface area contributed by atoms with Crippen molar-refractivity contribution in [2.45, 2.75) is 24.9 Å². The molecule has 1 fully saturated rings. The molecule has 1 atom stereocenters. The molecule has 1 spiro atoms. The molecule has 1 amide bonds. The zero-order chi connectivity index (χ0) is 19.7. The first kappa shape index (κ1) is 18.3. The van der Waals surface area contributed by atoms with Crippen LogP contribution in [0.5, 0.6) is 11.5 Å². The van der Waals surface area contributed by atoms with Gasteiger partial charge < -0.3 is 19.1 Å². The lowest BCUT2D eigenvalue weighted by Gasteiger charge is -2.39. The van der Waals surface area contributed by atoms with E-state index >= 15 is 0 Å². The van der Waals surface area contributed by atoms with Crippen molar-refractivity contribution in [3.8, 4) is 11.5 Å². The Morgan fingerprint density at radius 1 is 1.14 bits per heavy atom. The summed E-state index contributed by atoms with van der Waals surface area (Å²) < 4.78 is 16.4. The first-order valence-electron chi connectivity index (χ1n) is 9.38. The van der Waals surface area contributed by atoms with Gasteiger partial charge in [-0.05, 0) is 36.6 Å². The number of fused-ring (bicyclic) bond motifs is 2. The van der Waals surface area contributed by atoms with Gasteiger partial charge in [-0.1, -0.05) is 24.3 Å². The molecule has 6 nitrogen and oxygen atoms in total. The molecule has 146 valence electrons. The highest BCUT2D eigenvalue weighted by atomic mass is 16.6. The van der Waals surface area contributed by atoms with Crippen LogP contribution in [0.1, 0.15) is 34.3 Å². The highest BCUT2D eigenvalue weighted by Gasteiger charge is 2.48. The highest BCUT2D eigenvalue weighted by Crippen LogP contribution is 2.42. The smallest absolute Gasteiger partial charge is 0.339 e. The van der Waals surface area contributed by atoms with Gasteiger partial charge in [-0.25, -0.2) is 4.79 Å². The van der Waals surface area contributed by atoms with Crippen LogP contribution in [0.4, 0.5) is 0 Å². The molecule has 0 unspecified atom stereocenters. The standard InChI is InChI=1S/C22H23NO5/c1-26-18-9-8-15(12-19(18)27-2)13-20(24)23-11-5-10-22(14-23)17-7-4-3-6-16(17)21(25)28-22/h3-4,6-9,12H,5,10-11,13-14H2,1-2H3/t22-/m1/s1. The molecule has 0 bridgehead atoms. The molecule has 0 radical (unpaired) electrons. The van der Waals surface area contributed by atoms with Crippen molar-refractivity contribution in [2.75, 3.05) is 27.3 Å². The molecule has 2 aliphatic heterocycles. The predicted molar refractivity (Wildman–Crippen MR) is 103 cm³/mol. The molecular formula is C22H23NO5. The molecular weight excluding hydrogens is 358 g/mol. The van der Waals surface area contributed by atoms with Gasteiger partial charge in [0.05, 0.1) is 32.7 Å². The van der Waals surface area contributed by atoms with E-state index in [2.05, 4.69) is 0 Å². The van der Waals surface area contributed by atoms with Crippen LogP contribution in [0.25, 0.3) is 0 Å². The van der Waals surface area contributed by atoms with Gasteiger partial charge in [-0.2, -0.15) is 0 Å². The lowest BCUT2D eigenvalue weighted by molar-refractivity contribution is -0.138. The van der Waals surface area contributed by atoms with Crippen LogP contribution < -0.4 is 9.47 Å². The van der Waals surface area contributed by atoms with Crippen LogP contribution >= 0.6 is 0 Å². The first-order valence-corrected chi connectivity index (χ1v) is 9.38. The molecule has 4 rings (SSSR count). The summed E-state index contributed by atoms with van der Waals surface area (Å²) in [6, 6.07) is 13.0. The molecule has 0 aliphatic carbocycles. The fraction of sp³-hybridized carbons (Fsp3) is 0.364. The van der Waals surface area contributed by atoms with Crippen molar-refractivity contribution in [1.29, 1.82) is 0 Å². The van der Waals surface area contributed by atoms with Crippen molar-refractivity contribution in [2.24, 2.45) is 0 Å². The third kappa shape index (κ3) is 3.09. The summed E-state index contributed by atoms with van der Waals surface area (Å²) in [5, 5.41) is 0. The number of rotatable bonds is 4. The van der Waals surface area contributed by atoms with E-state index in [0.717, 1.165) is 24.0 Å². The van der Waals surface area contributed by atoms with E-state index in [1.54, 1.807) is 31.3 Å². The van der Waals surface area contributed by atoms with Crippen LogP contribution in [-0.4, -0.2) is 44.1 Å². The number of piperidine rings is 1. The number of nitrogens with zero attached hydrogens (tertiary/aromatic N) is 1. The van der Waals surface area contributed by atoms with Crippen molar-refractivity contribution in [1.82, 2.24) is 4.90 Å². The van der Waals surface area contributed by atoms with Gasteiger partial charge >= 0.3 is 5.97 Å². The van der Waals surface area contributed by atoms with Gasteiger partial charge in [0.25, 0.3) is 0 Å². The zero-order valence-corrected chi connectivity index (χ0v) is 16.1. The second-order valence-electron chi connectivity index (χ2n) is 7.21. The number of methoxy groups -OCH3 is 2. The van der Waals surface area contributed by atoms with E-state index in [-0.39, 0.29) is 18.3 Å². The number of ether oxygens (including phenoxy) is 3. The Labute approximate surface area is 164 Å². The van der Waals surface area contributed by atoms with Gasteiger partial charge in [0.1, 0.15) is 0 Å². The van der Waals surface area contributed by atoms with Crippen LogP contribution in [-0.2, 0) is 21.6 Å². The SMILES string of the molecule is COc1ccc(CC(=O)N2CCC[C@]3(C2)OC(=O)c2ccccc23)cc1OC. The second-order valence-corrected chi connectivity index (χ2v) is 7.21.